The topological polar surface area (TPSA) is 72.2 Å². The molecule has 1 atom stereocenters. The molecule has 4 nitrogen and oxygen atoms in total. The van der Waals surface area contributed by atoms with Crippen molar-refractivity contribution >= 4 is 26.5 Å². The zero-order valence-corrected chi connectivity index (χ0v) is 13.1. The summed E-state index contributed by atoms with van der Waals surface area (Å²) in [6.45, 7) is 4.81. The van der Waals surface area contributed by atoms with E-state index in [1.807, 2.05) is 18.2 Å². The maximum absolute atomic E-state index is 12.5. The van der Waals surface area contributed by atoms with Crippen LogP contribution in [0.1, 0.15) is 20.3 Å². The molecule has 0 saturated heterocycles. The molecule has 0 radical (unpaired) electrons. The van der Waals surface area contributed by atoms with Gasteiger partial charge >= 0.3 is 0 Å². The molecule has 1 fully saturated rings. The fraction of sp³-hybridized carbons (Fsp3) is 0.375. The van der Waals surface area contributed by atoms with E-state index in [1.165, 1.54) is 0 Å². The van der Waals surface area contributed by atoms with Gasteiger partial charge < -0.3 is 5.73 Å². The van der Waals surface area contributed by atoms with Crippen molar-refractivity contribution in [3.8, 4) is 0 Å². The Morgan fingerprint density at radius 3 is 2.43 bits per heavy atom. The van der Waals surface area contributed by atoms with Crippen LogP contribution in [-0.4, -0.2) is 15.0 Å². The van der Waals surface area contributed by atoms with Gasteiger partial charge in [0, 0.05) is 23.0 Å². The number of fused-ring (bicyclic) bond motifs is 1. The Morgan fingerprint density at radius 1 is 1.19 bits per heavy atom. The van der Waals surface area contributed by atoms with Crippen LogP contribution in [0, 0.1) is 11.3 Å². The van der Waals surface area contributed by atoms with E-state index in [0.717, 1.165) is 11.8 Å². The first kappa shape index (κ1) is 14.4. The molecule has 1 aliphatic carbocycles. The molecule has 112 valence electrons. The molecular formula is C16H20N2O2S. The number of hydrogen-bond donors (Lipinski definition) is 2. The van der Waals surface area contributed by atoms with E-state index in [9.17, 15) is 8.42 Å². The number of hydrogen-bond acceptors (Lipinski definition) is 3. The molecule has 3 N–H and O–H groups in total. The molecule has 2 aromatic carbocycles. The largest absolute Gasteiger partial charge is 0.398 e. The van der Waals surface area contributed by atoms with Crippen LogP contribution in [-0.2, 0) is 10.0 Å². The van der Waals surface area contributed by atoms with Gasteiger partial charge in [-0.1, -0.05) is 38.1 Å². The molecule has 0 aliphatic heterocycles. The fourth-order valence-corrected chi connectivity index (χ4v) is 4.03. The van der Waals surface area contributed by atoms with E-state index in [0.29, 0.717) is 28.4 Å². The predicted octanol–water partition coefficient (Wildman–Crippen LogP) is 2.75. The minimum atomic E-state index is -3.51. The maximum atomic E-state index is 12.5. The van der Waals surface area contributed by atoms with E-state index in [4.69, 9.17) is 5.73 Å². The summed E-state index contributed by atoms with van der Waals surface area (Å²) in [7, 11) is -3.51. The lowest BCUT2D eigenvalue weighted by Gasteiger charge is -2.11. The van der Waals surface area contributed by atoms with Crippen molar-refractivity contribution in [2.24, 2.45) is 11.3 Å². The Hall–Kier alpha value is -1.59. The van der Waals surface area contributed by atoms with Crippen molar-refractivity contribution in [1.29, 1.82) is 0 Å². The summed E-state index contributed by atoms with van der Waals surface area (Å²) in [6.07, 6.45) is 1.07. The minimum Gasteiger partial charge on any atom is -0.398 e. The van der Waals surface area contributed by atoms with Crippen LogP contribution < -0.4 is 10.5 Å². The second kappa shape index (κ2) is 4.71. The molecule has 2 aromatic rings. The van der Waals surface area contributed by atoms with E-state index < -0.39 is 10.0 Å². The molecule has 1 aliphatic rings. The van der Waals surface area contributed by atoms with Gasteiger partial charge in [0.2, 0.25) is 10.0 Å². The minimum absolute atomic E-state index is 0.256. The predicted molar refractivity (Wildman–Crippen MR) is 85.4 cm³/mol. The molecule has 21 heavy (non-hydrogen) atoms. The summed E-state index contributed by atoms with van der Waals surface area (Å²) in [4.78, 5) is 0.297. The molecule has 0 spiro atoms. The molecule has 1 unspecified atom stereocenters. The van der Waals surface area contributed by atoms with E-state index >= 15 is 0 Å². The second-order valence-corrected chi connectivity index (χ2v) is 8.18. The molecule has 5 heteroatoms. The number of anilines is 1. The lowest BCUT2D eigenvalue weighted by atomic mass is 10.1. The summed E-state index contributed by atoms with van der Waals surface area (Å²) >= 11 is 0. The Labute approximate surface area is 125 Å². The third-order valence-electron chi connectivity index (χ3n) is 4.44. The summed E-state index contributed by atoms with van der Waals surface area (Å²) in [5.41, 5.74) is 6.77. The van der Waals surface area contributed by atoms with Crippen LogP contribution >= 0.6 is 0 Å². The SMILES string of the molecule is CC1(C)CC1CNS(=O)(=O)c1ccc(N)c2ccccc12. The molecule has 1 saturated carbocycles. The van der Waals surface area contributed by atoms with Gasteiger partial charge in [0.15, 0.2) is 0 Å². The summed E-state index contributed by atoms with van der Waals surface area (Å²) in [6, 6.07) is 10.5. The first-order valence-electron chi connectivity index (χ1n) is 7.08. The molecule has 0 heterocycles. The number of nitrogens with two attached hydrogens (primary N) is 1. The van der Waals surface area contributed by atoms with Crippen molar-refractivity contribution in [1.82, 2.24) is 4.72 Å². The van der Waals surface area contributed by atoms with E-state index in [2.05, 4.69) is 18.6 Å². The summed E-state index contributed by atoms with van der Waals surface area (Å²) in [5.74, 6) is 0.423. The number of nitrogen functional groups attached to an aromatic ring is 1. The number of rotatable bonds is 4. The van der Waals surface area contributed by atoms with Crippen molar-refractivity contribution in [2.75, 3.05) is 12.3 Å². The number of sulfonamides is 1. The van der Waals surface area contributed by atoms with Gasteiger partial charge in [0.25, 0.3) is 0 Å². The molecule has 0 amide bonds. The smallest absolute Gasteiger partial charge is 0.241 e. The fourth-order valence-electron chi connectivity index (χ4n) is 2.74. The van der Waals surface area contributed by atoms with E-state index in [-0.39, 0.29) is 5.41 Å². The Bertz CT molecular complexity index is 797. The summed E-state index contributed by atoms with van der Waals surface area (Å²) in [5, 5.41) is 1.44. The molecule has 0 aromatic heterocycles. The summed E-state index contributed by atoms with van der Waals surface area (Å²) < 4.78 is 27.8. The normalized spacial score (nSPS) is 20.6. The zero-order chi connectivity index (χ0) is 15.3. The average Bonchev–Trinajstić information content (AvgIpc) is 3.05. The average molecular weight is 304 g/mol. The van der Waals surface area contributed by atoms with Crippen LogP contribution in [0.15, 0.2) is 41.3 Å². The quantitative estimate of drug-likeness (QED) is 0.853. The second-order valence-electron chi connectivity index (χ2n) is 6.44. The molecular weight excluding hydrogens is 284 g/mol. The standard InChI is InChI=1S/C16H20N2O2S/c1-16(2)9-11(16)10-18-21(19,20)15-8-7-14(17)12-5-3-4-6-13(12)15/h3-8,11,18H,9-10,17H2,1-2H3. The van der Waals surface area contributed by atoms with Gasteiger partial charge in [-0.3, -0.25) is 0 Å². The number of benzene rings is 2. The molecule has 3 rings (SSSR count). The Balaban J connectivity index is 1.94. The van der Waals surface area contributed by atoms with Crippen LogP contribution in [0.25, 0.3) is 10.8 Å². The first-order valence-corrected chi connectivity index (χ1v) is 8.56. The first-order chi connectivity index (χ1) is 9.81. The van der Waals surface area contributed by atoms with Gasteiger partial charge in [-0.15, -0.1) is 0 Å². The van der Waals surface area contributed by atoms with Gasteiger partial charge in [-0.2, -0.15) is 0 Å². The van der Waals surface area contributed by atoms with Crippen molar-refractivity contribution < 1.29 is 8.42 Å². The third kappa shape index (κ3) is 2.63. The highest BCUT2D eigenvalue weighted by atomic mass is 32.2. The Morgan fingerprint density at radius 2 is 1.81 bits per heavy atom. The van der Waals surface area contributed by atoms with E-state index in [1.54, 1.807) is 18.2 Å². The zero-order valence-electron chi connectivity index (χ0n) is 12.3. The van der Waals surface area contributed by atoms with Crippen LogP contribution in [0.3, 0.4) is 0 Å². The van der Waals surface area contributed by atoms with Gasteiger partial charge in [-0.05, 0) is 29.9 Å². The van der Waals surface area contributed by atoms with Crippen molar-refractivity contribution in [3.63, 3.8) is 0 Å². The monoisotopic (exact) mass is 304 g/mol. The van der Waals surface area contributed by atoms with Gasteiger partial charge in [-0.25, -0.2) is 13.1 Å². The lowest BCUT2D eigenvalue weighted by Crippen LogP contribution is -2.27. The maximum Gasteiger partial charge on any atom is 0.241 e. The van der Waals surface area contributed by atoms with Crippen LogP contribution in [0.4, 0.5) is 5.69 Å². The van der Waals surface area contributed by atoms with Crippen molar-refractivity contribution in [3.05, 3.63) is 36.4 Å². The lowest BCUT2D eigenvalue weighted by molar-refractivity contribution is 0.538. The highest BCUT2D eigenvalue weighted by Crippen LogP contribution is 2.51. The van der Waals surface area contributed by atoms with Crippen LogP contribution in [0.5, 0.6) is 0 Å². The van der Waals surface area contributed by atoms with Crippen molar-refractivity contribution in [2.45, 2.75) is 25.2 Å². The highest BCUT2D eigenvalue weighted by Gasteiger charge is 2.45. The molecule has 0 bridgehead atoms. The van der Waals surface area contributed by atoms with Gasteiger partial charge in [0.1, 0.15) is 0 Å². The highest BCUT2D eigenvalue weighted by molar-refractivity contribution is 7.89. The third-order valence-corrected chi connectivity index (χ3v) is 5.93. The Kier molecular flexibility index (Phi) is 3.22. The van der Waals surface area contributed by atoms with Crippen LogP contribution in [0.2, 0.25) is 0 Å². The van der Waals surface area contributed by atoms with Gasteiger partial charge in [0.05, 0.1) is 4.90 Å². The number of nitrogens with one attached hydrogen (secondary N) is 1.